The first-order valence-electron chi connectivity index (χ1n) is 9.49. The molecule has 1 amide bonds. The van der Waals surface area contributed by atoms with Crippen LogP contribution in [0.25, 0.3) is 10.9 Å². The number of nitrogens with zero attached hydrogens (tertiary/aromatic N) is 2. The summed E-state index contributed by atoms with van der Waals surface area (Å²) in [6.07, 6.45) is -2.94. The van der Waals surface area contributed by atoms with Crippen LogP contribution < -0.4 is 4.74 Å². The minimum absolute atomic E-state index is 0.121. The van der Waals surface area contributed by atoms with Crippen molar-refractivity contribution in [2.75, 3.05) is 13.6 Å². The van der Waals surface area contributed by atoms with E-state index in [9.17, 15) is 22.8 Å². The number of aromatic nitrogens is 1. The summed E-state index contributed by atoms with van der Waals surface area (Å²) in [6.45, 7) is -0.0308. The molecular weight excluding hydrogens is 425 g/mol. The molecule has 0 radical (unpaired) electrons. The Morgan fingerprint density at radius 2 is 1.84 bits per heavy atom. The maximum atomic E-state index is 12.5. The SMILES string of the molecule is CN(CC#Cc1ccc(OC(F)(F)F)cc1)C(=O)Cc1ccc2ccn(CC(=O)O)c2c1. The molecule has 1 heterocycles. The maximum Gasteiger partial charge on any atom is 0.573 e. The smallest absolute Gasteiger partial charge is 0.480 e. The third-order valence-corrected chi connectivity index (χ3v) is 4.56. The average molecular weight is 444 g/mol. The lowest BCUT2D eigenvalue weighted by atomic mass is 10.1. The Labute approximate surface area is 181 Å². The lowest BCUT2D eigenvalue weighted by molar-refractivity contribution is -0.274. The maximum absolute atomic E-state index is 12.5. The Morgan fingerprint density at radius 3 is 2.50 bits per heavy atom. The van der Waals surface area contributed by atoms with Crippen molar-refractivity contribution in [2.45, 2.75) is 19.3 Å². The number of likely N-dealkylation sites (N-methyl/N-ethyl adjacent to an activating group) is 1. The Kier molecular flexibility index (Phi) is 6.73. The molecule has 3 aromatic rings. The Morgan fingerprint density at radius 1 is 1.12 bits per heavy atom. The molecule has 0 spiro atoms. The van der Waals surface area contributed by atoms with E-state index in [1.165, 1.54) is 29.2 Å². The van der Waals surface area contributed by atoms with Gasteiger partial charge in [-0.25, -0.2) is 0 Å². The second-order valence-electron chi connectivity index (χ2n) is 7.03. The monoisotopic (exact) mass is 444 g/mol. The Hall–Kier alpha value is -3.93. The van der Waals surface area contributed by atoms with Crippen molar-refractivity contribution in [3.05, 3.63) is 65.9 Å². The topological polar surface area (TPSA) is 71.8 Å². The normalized spacial score (nSPS) is 11.0. The zero-order valence-electron chi connectivity index (χ0n) is 17.0. The van der Waals surface area contributed by atoms with Gasteiger partial charge in [0.05, 0.1) is 13.0 Å². The molecule has 9 heteroatoms. The molecule has 0 unspecified atom stereocenters. The number of carbonyl (C=O) groups is 2. The molecule has 0 saturated carbocycles. The molecule has 0 fully saturated rings. The van der Waals surface area contributed by atoms with E-state index >= 15 is 0 Å². The van der Waals surface area contributed by atoms with Gasteiger partial charge in [0.15, 0.2) is 0 Å². The minimum atomic E-state index is -4.75. The molecule has 1 N–H and O–H groups in total. The minimum Gasteiger partial charge on any atom is -0.480 e. The predicted octanol–water partition coefficient (Wildman–Crippen LogP) is 3.68. The van der Waals surface area contributed by atoms with Crippen LogP contribution in [0.4, 0.5) is 13.2 Å². The molecule has 3 rings (SSSR count). The van der Waals surface area contributed by atoms with Crippen molar-refractivity contribution in [1.29, 1.82) is 0 Å². The molecule has 1 aromatic heterocycles. The van der Waals surface area contributed by atoms with Gasteiger partial charge in [-0.15, -0.1) is 13.2 Å². The summed E-state index contributed by atoms with van der Waals surface area (Å²) in [4.78, 5) is 24.9. The summed E-state index contributed by atoms with van der Waals surface area (Å²) < 4.78 is 42.0. The molecule has 0 aliphatic heterocycles. The third kappa shape index (κ3) is 6.28. The van der Waals surface area contributed by atoms with E-state index < -0.39 is 12.3 Å². The molecule has 0 saturated heterocycles. The van der Waals surface area contributed by atoms with Crippen molar-refractivity contribution >= 4 is 22.8 Å². The fraction of sp³-hybridized carbons (Fsp3) is 0.217. The summed E-state index contributed by atoms with van der Waals surface area (Å²) >= 11 is 0. The van der Waals surface area contributed by atoms with Gasteiger partial charge in [0.25, 0.3) is 0 Å². The largest absolute Gasteiger partial charge is 0.573 e. The molecular formula is C23H19F3N2O4. The molecule has 2 aromatic carbocycles. The van der Waals surface area contributed by atoms with Crippen molar-refractivity contribution < 1.29 is 32.6 Å². The molecule has 0 aliphatic carbocycles. The Balaban J connectivity index is 1.59. The van der Waals surface area contributed by atoms with Crippen LogP contribution in [0, 0.1) is 11.8 Å². The van der Waals surface area contributed by atoms with E-state index in [2.05, 4.69) is 16.6 Å². The highest BCUT2D eigenvalue weighted by Gasteiger charge is 2.30. The number of fused-ring (bicyclic) bond motifs is 1. The highest BCUT2D eigenvalue weighted by Crippen LogP contribution is 2.22. The van der Waals surface area contributed by atoms with Crippen LogP contribution >= 0.6 is 0 Å². The van der Waals surface area contributed by atoms with Gasteiger partial charge in [-0.2, -0.15) is 0 Å². The van der Waals surface area contributed by atoms with Crippen molar-refractivity contribution in [1.82, 2.24) is 9.47 Å². The van der Waals surface area contributed by atoms with Gasteiger partial charge in [-0.05, 0) is 47.3 Å². The number of hydrogen-bond donors (Lipinski definition) is 1. The summed E-state index contributed by atoms with van der Waals surface area (Å²) in [5.41, 5.74) is 1.97. The van der Waals surface area contributed by atoms with Crippen LogP contribution in [0.1, 0.15) is 11.1 Å². The fourth-order valence-electron chi connectivity index (χ4n) is 3.02. The van der Waals surface area contributed by atoms with E-state index in [4.69, 9.17) is 5.11 Å². The summed E-state index contributed by atoms with van der Waals surface area (Å²) in [7, 11) is 1.60. The van der Waals surface area contributed by atoms with Gasteiger partial charge in [-0.1, -0.05) is 24.0 Å². The number of carbonyl (C=O) groups excluding carboxylic acids is 1. The van der Waals surface area contributed by atoms with Gasteiger partial charge in [0.1, 0.15) is 12.3 Å². The number of amides is 1. The van der Waals surface area contributed by atoms with Crippen molar-refractivity contribution in [3.63, 3.8) is 0 Å². The number of rotatable bonds is 6. The van der Waals surface area contributed by atoms with Crippen LogP contribution in [0.5, 0.6) is 5.75 Å². The number of carboxylic acids is 1. The first kappa shape index (κ1) is 22.7. The van der Waals surface area contributed by atoms with E-state index in [1.54, 1.807) is 23.9 Å². The summed E-state index contributed by atoms with van der Waals surface area (Å²) in [6, 6.07) is 12.4. The van der Waals surface area contributed by atoms with Gasteiger partial charge in [0, 0.05) is 24.3 Å². The number of halogens is 3. The second-order valence-corrected chi connectivity index (χ2v) is 7.03. The van der Waals surface area contributed by atoms with E-state index in [-0.39, 0.29) is 31.2 Å². The first-order valence-corrected chi connectivity index (χ1v) is 9.49. The van der Waals surface area contributed by atoms with E-state index in [1.807, 2.05) is 18.2 Å². The van der Waals surface area contributed by atoms with Gasteiger partial charge < -0.3 is 19.3 Å². The number of benzene rings is 2. The van der Waals surface area contributed by atoms with E-state index in [0.717, 1.165) is 16.5 Å². The number of hydrogen-bond acceptors (Lipinski definition) is 3. The van der Waals surface area contributed by atoms with Crippen LogP contribution in [0.15, 0.2) is 54.7 Å². The number of ether oxygens (including phenoxy) is 1. The lowest BCUT2D eigenvalue weighted by Gasteiger charge is -2.14. The molecule has 166 valence electrons. The molecule has 0 atom stereocenters. The average Bonchev–Trinajstić information content (AvgIpc) is 3.09. The highest BCUT2D eigenvalue weighted by atomic mass is 19.4. The van der Waals surface area contributed by atoms with Gasteiger partial charge >= 0.3 is 12.3 Å². The highest BCUT2D eigenvalue weighted by molar-refractivity contribution is 5.85. The standard InChI is InChI=1S/C23H19F3N2O4/c1-27(11-2-3-16-5-8-19(9-6-16)32-23(24,25)26)21(29)14-17-4-7-18-10-12-28(15-22(30)31)20(18)13-17/h4-10,12-13H,11,14-15H2,1H3,(H,30,31). The molecule has 32 heavy (non-hydrogen) atoms. The Bertz CT molecular complexity index is 1190. The van der Waals surface area contributed by atoms with Gasteiger partial charge in [0.2, 0.25) is 5.91 Å². The zero-order valence-corrected chi connectivity index (χ0v) is 17.0. The molecule has 6 nitrogen and oxygen atoms in total. The lowest BCUT2D eigenvalue weighted by Crippen LogP contribution is -2.28. The van der Waals surface area contributed by atoms with E-state index in [0.29, 0.717) is 5.56 Å². The third-order valence-electron chi connectivity index (χ3n) is 4.56. The number of carboxylic acid groups (broad SMARTS) is 1. The van der Waals surface area contributed by atoms with Crippen LogP contribution in [0.3, 0.4) is 0 Å². The number of alkyl halides is 3. The van der Waals surface area contributed by atoms with Crippen LogP contribution in [-0.4, -0.2) is 46.4 Å². The van der Waals surface area contributed by atoms with Gasteiger partial charge in [-0.3, -0.25) is 9.59 Å². The van der Waals surface area contributed by atoms with Crippen LogP contribution in [0.2, 0.25) is 0 Å². The quantitative estimate of drug-likeness (QED) is 0.589. The van der Waals surface area contributed by atoms with Crippen molar-refractivity contribution in [3.8, 4) is 17.6 Å². The summed E-state index contributed by atoms with van der Waals surface area (Å²) in [5.74, 6) is 4.14. The molecule has 0 bridgehead atoms. The molecule has 0 aliphatic rings. The van der Waals surface area contributed by atoms with Crippen molar-refractivity contribution in [2.24, 2.45) is 0 Å². The second kappa shape index (κ2) is 9.47. The fourth-order valence-corrected chi connectivity index (χ4v) is 3.02. The number of aliphatic carboxylic acids is 1. The zero-order chi connectivity index (χ0) is 23.3. The van der Waals surface area contributed by atoms with Crippen LogP contribution in [-0.2, 0) is 22.6 Å². The predicted molar refractivity (Wildman–Crippen MR) is 111 cm³/mol. The first-order chi connectivity index (χ1) is 15.1. The summed E-state index contributed by atoms with van der Waals surface area (Å²) in [5, 5.41) is 9.89.